The van der Waals surface area contributed by atoms with Gasteiger partial charge in [-0.15, -0.1) is 0 Å². The van der Waals surface area contributed by atoms with Crippen molar-refractivity contribution in [1.82, 2.24) is 4.98 Å². The number of carbonyl (C=O) groups is 1. The Morgan fingerprint density at radius 2 is 1.84 bits per heavy atom. The van der Waals surface area contributed by atoms with Gasteiger partial charge in [-0.2, -0.15) is 0 Å². The fourth-order valence-electron chi connectivity index (χ4n) is 1.63. The molecular formula is C12H11NO5S. The van der Waals surface area contributed by atoms with E-state index in [0.29, 0.717) is 5.75 Å². The maximum absolute atomic E-state index is 12.3. The summed E-state index contributed by atoms with van der Waals surface area (Å²) in [6, 6.07) is 6.96. The van der Waals surface area contributed by atoms with Crippen molar-refractivity contribution in [3.8, 4) is 5.75 Å². The van der Waals surface area contributed by atoms with E-state index >= 15 is 0 Å². The van der Waals surface area contributed by atoms with Crippen LogP contribution in [0.1, 0.15) is 10.5 Å². The van der Waals surface area contributed by atoms with E-state index in [9.17, 15) is 13.2 Å². The largest absolute Gasteiger partial charge is 0.497 e. The number of aromatic amines is 1. The highest BCUT2D eigenvalue weighted by Crippen LogP contribution is 2.25. The number of hydrogen-bond acceptors (Lipinski definition) is 4. The van der Waals surface area contributed by atoms with Gasteiger partial charge in [0.1, 0.15) is 16.3 Å². The maximum Gasteiger partial charge on any atom is 0.353 e. The Balaban J connectivity index is 2.52. The van der Waals surface area contributed by atoms with E-state index in [4.69, 9.17) is 9.84 Å². The number of H-pyrrole nitrogens is 1. The second-order valence-corrected chi connectivity index (χ2v) is 5.62. The zero-order valence-electron chi connectivity index (χ0n) is 9.95. The van der Waals surface area contributed by atoms with Gasteiger partial charge in [-0.25, -0.2) is 13.2 Å². The Morgan fingerprint density at radius 3 is 2.37 bits per heavy atom. The Hall–Kier alpha value is -2.28. The first-order valence-corrected chi connectivity index (χ1v) is 6.75. The lowest BCUT2D eigenvalue weighted by atomic mass is 10.3. The summed E-state index contributed by atoms with van der Waals surface area (Å²) in [4.78, 5) is 13.1. The molecule has 0 saturated carbocycles. The molecule has 1 aromatic heterocycles. The van der Waals surface area contributed by atoms with Gasteiger partial charge in [-0.3, -0.25) is 0 Å². The summed E-state index contributed by atoms with van der Waals surface area (Å²) >= 11 is 0. The van der Waals surface area contributed by atoms with E-state index in [1.807, 2.05) is 0 Å². The molecule has 0 saturated heterocycles. The number of aromatic nitrogens is 1. The summed E-state index contributed by atoms with van der Waals surface area (Å²) in [6.45, 7) is 0. The molecule has 19 heavy (non-hydrogen) atoms. The molecule has 0 spiro atoms. The summed E-state index contributed by atoms with van der Waals surface area (Å²) in [6.07, 6.45) is 1.28. The Bertz CT molecular complexity index is 700. The average molecular weight is 281 g/mol. The highest BCUT2D eigenvalue weighted by Gasteiger charge is 2.25. The molecule has 0 aliphatic carbocycles. The van der Waals surface area contributed by atoms with Crippen LogP contribution in [-0.4, -0.2) is 31.6 Å². The van der Waals surface area contributed by atoms with Gasteiger partial charge in [0, 0.05) is 6.20 Å². The fourth-order valence-corrected chi connectivity index (χ4v) is 3.04. The molecule has 0 bridgehead atoms. The number of methoxy groups -OCH3 is 1. The first-order chi connectivity index (χ1) is 8.96. The average Bonchev–Trinajstić information content (AvgIpc) is 2.89. The van der Waals surface area contributed by atoms with Crippen molar-refractivity contribution in [1.29, 1.82) is 0 Å². The molecule has 1 aromatic carbocycles. The number of ether oxygens (including phenoxy) is 1. The topological polar surface area (TPSA) is 96.5 Å². The van der Waals surface area contributed by atoms with Crippen LogP contribution in [0.5, 0.6) is 5.75 Å². The van der Waals surface area contributed by atoms with Crippen LogP contribution in [0.3, 0.4) is 0 Å². The second-order valence-electron chi connectivity index (χ2n) is 3.70. The molecule has 0 unspecified atom stereocenters. The van der Waals surface area contributed by atoms with E-state index in [2.05, 4.69) is 4.98 Å². The van der Waals surface area contributed by atoms with Crippen molar-refractivity contribution < 1.29 is 23.1 Å². The summed E-state index contributed by atoms with van der Waals surface area (Å²) in [5.41, 5.74) is -0.351. The predicted molar refractivity (Wildman–Crippen MR) is 66.2 cm³/mol. The zero-order chi connectivity index (χ0) is 14.0. The molecule has 6 nitrogen and oxygen atoms in total. The molecular weight excluding hydrogens is 270 g/mol. The maximum atomic E-state index is 12.3. The van der Waals surface area contributed by atoms with Gasteiger partial charge < -0.3 is 14.8 Å². The van der Waals surface area contributed by atoms with Crippen molar-refractivity contribution in [2.75, 3.05) is 7.11 Å². The number of nitrogens with one attached hydrogen (secondary N) is 1. The molecule has 0 aliphatic heterocycles. The van der Waals surface area contributed by atoms with Crippen molar-refractivity contribution in [3.63, 3.8) is 0 Å². The Kier molecular flexibility index (Phi) is 3.30. The van der Waals surface area contributed by atoms with E-state index in [0.717, 1.165) is 0 Å². The van der Waals surface area contributed by atoms with E-state index in [1.54, 1.807) is 0 Å². The van der Waals surface area contributed by atoms with E-state index in [1.165, 1.54) is 43.6 Å². The lowest BCUT2D eigenvalue weighted by Crippen LogP contribution is -2.08. The van der Waals surface area contributed by atoms with Gasteiger partial charge in [-0.1, -0.05) is 0 Å². The number of carboxylic acids is 1. The van der Waals surface area contributed by atoms with Crippen LogP contribution in [0.25, 0.3) is 0 Å². The van der Waals surface area contributed by atoms with Crippen LogP contribution in [-0.2, 0) is 9.84 Å². The second kappa shape index (κ2) is 4.77. The molecule has 2 N–H and O–H groups in total. The SMILES string of the molecule is COc1ccc(S(=O)(=O)c2cc[nH]c2C(=O)O)cc1. The molecule has 100 valence electrons. The zero-order valence-corrected chi connectivity index (χ0v) is 10.8. The Labute approximate surface area is 109 Å². The summed E-state index contributed by atoms with van der Waals surface area (Å²) in [5.74, 6) is -0.802. The third kappa shape index (κ3) is 2.32. The lowest BCUT2D eigenvalue weighted by Gasteiger charge is -2.05. The van der Waals surface area contributed by atoms with Crippen molar-refractivity contribution in [2.24, 2.45) is 0 Å². The minimum absolute atomic E-state index is 0.00963. The molecule has 0 atom stereocenters. The molecule has 7 heteroatoms. The predicted octanol–water partition coefficient (Wildman–Crippen LogP) is 1.55. The monoisotopic (exact) mass is 281 g/mol. The molecule has 0 radical (unpaired) electrons. The first kappa shape index (κ1) is 13.2. The number of carboxylic acid groups (broad SMARTS) is 1. The van der Waals surface area contributed by atoms with Gasteiger partial charge in [-0.05, 0) is 30.3 Å². The van der Waals surface area contributed by atoms with E-state index in [-0.39, 0.29) is 15.5 Å². The van der Waals surface area contributed by atoms with Gasteiger partial charge in [0.2, 0.25) is 9.84 Å². The van der Waals surface area contributed by atoms with Gasteiger partial charge in [0.15, 0.2) is 0 Å². The molecule has 0 fully saturated rings. The van der Waals surface area contributed by atoms with Gasteiger partial charge in [0.05, 0.1) is 12.0 Å². The molecule has 0 aliphatic rings. The minimum atomic E-state index is -3.86. The van der Waals surface area contributed by atoms with Gasteiger partial charge >= 0.3 is 5.97 Å². The quantitative estimate of drug-likeness (QED) is 0.886. The van der Waals surface area contributed by atoms with Crippen LogP contribution in [0, 0.1) is 0 Å². The number of aromatic carboxylic acids is 1. The first-order valence-electron chi connectivity index (χ1n) is 5.26. The number of rotatable bonds is 4. The normalized spacial score (nSPS) is 11.2. The van der Waals surface area contributed by atoms with Crippen molar-refractivity contribution in [2.45, 2.75) is 9.79 Å². The van der Waals surface area contributed by atoms with E-state index < -0.39 is 15.8 Å². The third-order valence-electron chi connectivity index (χ3n) is 2.58. The molecule has 0 amide bonds. The third-order valence-corrected chi connectivity index (χ3v) is 4.39. The van der Waals surface area contributed by atoms with Crippen molar-refractivity contribution >= 4 is 15.8 Å². The highest BCUT2D eigenvalue weighted by atomic mass is 32.2. The van der Waals surface area contributed by atoms with Crippen LogP contribution < -0.4 is 4.74 Å². The highest BCUT2D eigenvalue weighted by molar-refractivity contribution is 7.91. The smallest absolute Gasteiger partial charge is 0.353 e. The van der Waals surface area contributed by atoms with Crippen LogP contribution in [0.15, 0.2) is 46.3 Å². The molecule has 1 heterocycles. The lowest BCUT2D eigenvalue weighted by molar-refractivity contribution is 0.0687. The number of sulfone groups is 1. The van der Waals surface area contributed by atoms with Crippen molar-refractivity contribution in [3.05, 3.63) is 42.2 Å². The van der Waals surface area contributed by atoms with Crippen LogP contribution >= 0.6 is 0 Å². The summed E-state index contributed by atoms with van der Waals surface area (Å²) < 4.78 is 29.5. The summed E-state index contributed by atoms with van der Waals surface area (Å²) in [5, 5.41) is 8.93. The molecule has 2 rings (SSSR count). The summed E-state index contributed by atoms with van der Waals surface area (Å²) in [7, 11) is -2.39. The standard InChI is InChI=1S/C12H11NO5S/c1-18-8-2-4-9(5-3-8)19(16,17)10-6-7-13-11(10)12(14)15/h2-7,13H,1H3,(H,14,15). The Morgan fingerprint density at radius 1 is 1.21 bits per heavy atom. The van der Waals surface area contributed by atoms with Crippen LogP contribution in [0.2, 0.25) is 0 Å². The minimum Gasteiger partial charge on any atom is -0.497 e. The molecule has 2 aromatic rings. The van der Waals surface area contributed by atoms with Crippen LogP contribution in [0.4, 0.5) is 0 Å². The van der Waals surface area contributed by atoms with Gasteiger partial charge in [0.25, 0.3) is 0 Å². The fraction of sp³-hybridized carbons (Fsp3) is 0.0833. The number of hydrogen-bond donors (Lipinski definition) is 2. The number of benzene rings is 1.